The van der Waals surface area contributed by atoms with Crippen LogP contribution in [0.5, 0.6) is 0 Å². The third-order valence-electron chi connectivity index (χ3n) is 4.35. The summed E-state index contributed by atoms with van der Waals surface area (Å²) in [5.74, 6) is 2.58. The van der Waals surface area contributed by atoms with E-state index in [2.05, 4.69) is 30.2 Å². The summed E-state index contributed by atoms with van der Waals surface area (Å²) in [4.78, 5) is 13.3. The fraction of sp³-hybridized carbons (Fsp3) is 0.421. The summed E-state index contributed by atoms with van der Waals surface area (Å²) in [6.45, 7) is 3.53. The molecule has 23 heavy (non-hydrogen) atoms. The van der Waals surface area contributed by atoms with E-state index in [0.717, 1.165) is 12.8 Å². The maximum Gasteiger partial charge on any atom is 0.409 e. The monoisotopic (exact) mass is 311 g/mol. The normalized spacial score (nSPS) is 22.1. The number of benzene rings is 1. The molecule has 4 heteroatoms. The van der Waals surface area contributed by atoms with Gasteiger partial charge in [-0.2, -0.15) is 0 Å². The molecule has 1 fully saturated rings. The summed E-state index contributed by atoms with van der Waals surface area (Å²) >= 11 is 0. The van der Waals surface area contributed by atoms with Crippen LogP contribution in [0.4, 0.5) is 4.79 Å². The Labute approximate surface area is 137 Å². The molecular weight excluding hydrogens is 290 g/mol. The van der Waals surface area contributed by atoms with Gasteiger partial charge in [0, 0.05) is 13.1 Å². The Bertz CT molecular complexity index is 634. The van der Waals surface area contributed by atoms with Gasteiger partial charge in [0.05, 0.1) is 12.2 Å². The number of carbonyl (C=O) groups is 1. The highest BCUT2D eigenvalue weighted by Gasteiger charge is 2.39. The molecule has 1 saturated heterocycles. The molecule has 1 amide bonds. The minimum atomic E-state index is -0.264. The second kappa shape index (κ2) is 6.47. The number of likely N-dealkylation sites (tertiary alicyclic amines) is 1. The fourth-order valence-electron chi connectivity index (χ4n) is 2.93. The summed E-state index contributed by atoms with van der Waals surface area (Å²) in [7, 11) is 0. The van der Waals surface area contributed by atoms with Crippen LogP contribution in [0.2, 0.25) is 0 Å². The van der Waals surface area contributed by atoms with Gasteiger partial charge in [0.25, 0.3) is 0 Å². The molecule has 0 aromatic rings. The van der Waals surface area contributed by atoms with E-state index < -0.39 is 0 Å². The summed E-state index contributed by atoms with van der Waals surface area (Å²) < 4.78 is 10.8. The van der Waals surface area contributed by atoms with Crippen molar-refractivity contribution in [2.45, 2.75) is 31.5 Å². The molecule has 1 atom stereocenters. The van der Waals surface area contributed by atoms with E-state index in [0.29, 0.717) is 19.7 Å². The zero-order valence-electron chi connectivity index (χ0n) is 13.3. The second-order valence-electron chi connectivity index (χ2n) is 5.90. The zero-order chi connectivity index (χ0) is 16.3. The van der Waals surface area contributed by atoms with E-state index in [1.54, 1.807) is 4.90 Å². The molecule has 0 saturated carbocycles. The number of ether oxygens (including phenoxy) is 2. The predicted octanol–water partition coefficient (Wildman–Crippen LogP) is 3.23. The van der Waals surface area contributed by atoms with Crippen molar-refractivity contribution in [1.82, 2.24) is 4.90 Å². The van der Waals surface area contributed by atoms with Crippen molar-refractivity contribution in [3.05, 3.63) is 36.4 Å². The number of terminal acetylenes is 1. The van der Waals surface area contributed by atoms with Gasteiger partial charge in [0.1, 0.15) is 6.10 Å². The van der Waals surface area contributed by atoms with Gasteiger partial charge < -0.3 is 14.4 Å². The van der Waals surface area contributed by atoms with Crippen molar-refractivity contribution >= 4 is 6.09 Å². The first-order chi connectivity index (χ1) is 11.2. The number of hydrogen-bond donors (Lipinski definition) is 0. The number of amides is 1. The molecule has 0 N–H and O–H groups in total. The largest absolute Gasteiger partial charge is 0.450 e. The van der Waals surface area contributed by atoms with Crippen molar-refractivity contribution in [2.75, 3.05) is 19.7 Å². The second-order valence-corrected chi connectivity index (χ2v) is 5.90. The molecule has 1 unspecified atom stereocenters. The molecule has 1 spiro atoms. The molecule has 4 nitrogen and oxygen atoms in total. The zero-order valence-corrected chi connectivity index (χ0v) is 13.3. The van der Waals surface area contributed by atoms with Gasteiger partial charge in [-0.3, -0.25) is 0 Å². The maximum absolute atomic E-state index is 11.5. The Morgan fingerprint density at radius 2 is 2.13 bits per heavy atom. The Hall–Kier alpha value is -2.25. The van der Waals surface area contributed by atoms with Crippen LogP contribution >= 0.6 is 0 Å². The molecule has 0 aromatic heterocycles. The van der Waals surface area contributed by atoms with Crippen molar-refractivity contribution in [3.63, 3.8) is 0 Å². The van der Waals surface area contributed by atoms with Gasteiger partial charge in [0.15, 0.2) is 0 Å². The summed E-state index contributed by atoms with van der Waals surface area (Å²) in [6.07, 6.45) is 10.4. The minimum absolute atomic E-state index is 0.218. The molecule has 0 radical (unpaired) electrons. The highest BCUT2D eigenvalue weighted by Crippen LogP contribution is 2.34. The molecule has 2 aliphatic heterocycles. The van der Waals surface area contributed by atoms with Crippen LogP contribution in [0.15, 0.2) is 36.4 Å². The lowest BCUT2D eigenvalue weighted by Crippen LogP contribution is -2.46. The quantitative estimate of drug-likeness (QED) is 0.599. The first-order valence-electron chi connectivity index (χ1n) is 8.01. The standard InChI is InChI=1S/C13H17NO3.C6H4/c1-3-11-5-6-13(17-11)7-9-14(10-8-13)12(15)16-4-2;1-2-5-4-6(5)3-1/h1,5-6,11H,4,7-10H2,2H3;1-4H. The van der Waals surface area contributed by atoms with Gasteiger partial charge in [0.2, 0.25) is 0 Å². The average Bonchev–Trinajstić information content (AvgIpc) is 2.98. The Morgan fingerprint density at radius 1 is 1.43 bits per heavy atom. The van der Waals surface area contributed by atoms with E-state index in [9.17, 15) is 4.79 Å². The van der Waals surface area contributed by atoms with Crippen LogP contribution in [0.3, 0.4) is 0 Å². The lowest BCUT2D eigenvalue weighted by Gasteiger charge is -2.37. The highest BCUT2D eigenvalue weighted by atomic mass is 16.6. The molecule has 2 heterocycles. The van der Waals surface area contributed by atoms with Crippen molar-refractivity contribution < 1.29 is 14.3 Å². The topological polar surface area (TPSA) is 38.8 Å². The number of hydrogen-bond acceptors (Lipinski definition) is 3. The van der Waals surface area contributed by atoms with Crippen LogP contribution < -0.4 is 0 Å². The lowest BCUT2D eigenvalue weighted by molar-refractivity contribution is -0.0412. The predicted molar refractivity (Wildman–Crippen MR) is 88.8 cm³/mol. The van der Waals surface area contributed by atoms with E-state index in [1.807, 2.05) is 19.1 Å². The van der Waals surface area contributed by atoms with Gasteiger partial charge in [-0.15, -0.1) is 6.42 Å². The Kier molecular flexibility index (Phi) is 4.40. The molecule has 4 rings (SSSR count). The third-order valence-corrected chi connectivity index (χ3v) is 4.35. The number of nitrogens with zero attached hydrogens (tertiary/aromatic N) is 1. The molecule has 0 aromatic carbocycles. The number of piperidine rings is 1. The van der Waals surface area contributed by atoms with Crippen LogP contribution in [0, 0.1) is 12.3 Å². The van der Waals surface area contributed by atoms with Crippen molar-refractivity contribution in [3.8, 4) is 23.5 Å². The van der Waals surface area contributed by atoms with Gasteiger partial charge in [-0.1, -0.05) is 30.2 Å². The van der Waals surface area contributed by atoms with E-state index in [4.69, 9.17) is 15.9 Å². The Balaban J connectivity index is 0.000000213. The van der Waals surface area contributed by atoms with Crippen LogP contribution in [-0.2, 0) is 9.47 Å². The first kappa shape index (κ1) is 15.6. The molecule has 120 valence electrons. The van der Waals surface area contributed by atoms with Gasteiger partial charge in [-0.25, -0.2) is 4.79 Å². The van der Waals surface area contributed by atoms with Crippen LogP contribution in [0.1, 0.15) is 19.8 Å². The fourth-order valence-corrected chi connectivity index (χ4v) is 2.93. The summed E-state index contributed by atoms with van der Waals surface area (Å²) in [5.41, 5.74) is 2.59. The van der Waals surface area contributed by atoms with Crippen molar-refractivity contribution in [2.24, 2.45) is 0 Å². The molecule has 4 aliphatic rings. The smallest absolute Gasteiger partial charge is 0.409 e. The van der Waals surface area contributed by atoms with Crippen LogP contribution in [-0.4, -0.2) is 42.4 Å². The lowest BCUT2D eigenvalue weighted by atomic mass is 9.92. The summed E-state index contributed by atoms with van der Waals surface area (Å²) in [6, 6.07) is 8.48. The van der Waals surface area contributed by atoms with E-state index in [-0.39, 0.29) is 17.8 Å². The Morgan fingerprint density at radius 3 is 2.57 bits per heavy atom. The van der Waals surface area contributed by atoms with Gasteiger partial charge in [-0.05, 0) is 43.0 Å². The molecule has 0 bridgehead atoms. The van der Waals surface area contributed by atoms with Crippen LogP contribution in [0.25, 0.3) is 11.1 Å². The van der Waals surface area contributed by atoms with E-state index in [1.165, 1.54) is 11.1 Å². The molecule has 2 aliphatic carbocycles. The minimum Gasteiger partial charge on any atom is -0.450 e. The van der Waals surface area contributed by atoms with Gasteiger partial charge >= 0.3 is 6.09 Å². The number of rotatable bonds is 1. The maximum atomic E-state index is 11.5. The SMILES string of the molecule is C#CC1C=CC2(CCN(C(=O)OCC)CC2)O1.c1cc2cc-2c1. The van der Waals surface area contributed by atoms with E-state index >= 15 is 0 Å². The highest BCUT2D eigenvalue weighted by molar-refractivity contribution is 5.80. The van der Waals surface area contributed by atoms with Crippen molar-refractivity contribution in [1.29, 1.82) is 0 Å². The summed E-state index contributed by atoms with van der Waals surface area (Å²) in [5, 5.41) is 0. The average molecular weight is 311 g/mol. The first-order valence-corrected chi connectivity index (χ1v) is 8.01. The molecular formula is C19H21NO3. The number of fused-ring (bicyclic) bond motifs is 1. The number of carbonyl (C=O) groups excluding carboxylic acids is 1. The third kappa shape index (κ3) is 3.57.